The highest BCUT2D eigenvalue weighted by Gasteiger charge is 1.99. The lowest BCUT2D eigenvalue weighted by molar-refractivity contribution is 0.595. The minimum absolute atomic E-state index is 0.566. The van der Waals surface area contributed by atoms with Crippen LogP contribution in [0.1, 0.15) is 46.1 Å². The molecule has 0 bridgehead atoms. The monoisotopic (exact) mass is 235 g/mol. The summed E-state index contributed by atoms with van der Waals surface area (Å²) in [4.78, 5) is 0. The van der Waals surface area contributed by atoms with Gasteiger partial charge in [0.05, 0.1) is 6.20 Å². The molecule has 0 radical (unpaired) electrons. The van der Waals surface area contributed by atoms with Gasteiger partial charge in [0.2, 0.25) is 0 Å². The number of hydrogen-bond acceptors (Lipinski definition) is 2. The molecule has 0 saturated heterocycles. The Morgan fingerprint density at radius 3 is 2.94 bits per heavy atom. The minimum Gasteiger partial charge on any atom is -0.314 e. The predicted molar refractivity (Wildman–Crippen MR) is 73.9 cm³/mol. The van der Waals surface area contributed by atoms with Gasteiger partial charge in [-0.2, -0.15) is 5.10 Å². The van der Waals surface area contributed by atoms with Crippen LogP contribution >= 0.6 is 0 Å². The highest BCUT2D eigenvalue weighted by Crippen LogP contribution is 2.13. The molecule has 17 heavy (non-hydrogen) atoms. The van der Waals surface area contributed by atoms with Gasteiger partial charge in [-0.05, 0) is 31.9 Å². The quantitative estimate of drug-likeness (QED) is 0.736. The Hall–Kier alpha value is -1.09. The summed E-state index contributed by atoms with van der Waals surface area (Å²) in [6.45, 7) is 10.7. The molecule has 1 aromatic heterocycles. The minimum atomic E-state index is 0.566. The Morgan fingerprint density at radius 1 is 1.53 bits per heavy atom. The number of allylic oxidation sites excluding steroid dienone is 1. The molecule has 3 heteroatoms. The summed E-state index contributed by atoms with van der Waals surface area (Å²) in [6, 6.07) is 0.566. The molecule has 1 N–H and O–H groups in total. The molecule has 0 aliphatic carbocycles. The molecule has 0 unspecified atom stereocenters. The van der Waals surface area contributed by atoms with Crippen molar-refractivity contribution < 1.29 is 0 Å². The van der Waals surface area contributed by atoms with E-state index in [1.807, 2.05) is 10.9 Å². The largest absolute Gasteiger partial charge is 0.314 e. The summed E-state index contributed by atoms with van der Waals surface area (Å²) in [6.07, 6.45) is 8.57. The van der Waals surface area contributed by atoms with E-state index in [0.29, 0.717) is 6.04 Å². The van der Waals surface area contributed by atoms with Crippen molar-refractivity contribution in [2.75, 3.05) is 6.54 Å². The van der Waals surface area contributed by atoms with E-state index in [9.17, 15) is 0 Å². The molecule has 0 spiro atoms. The number of nitrogens with one attached hydrogen (secondary N) is 1. The van der Waals surface area contributed by atoms with Crippen LogP contribution in [0.2, 0.25) is 0 Å². The molecule has 0 amide bonds. The summed E-state index contributed by atoms with van der Waals surface area (Å²) in [7, 11) is 0. The smallest absolute Gasteiger partial charge is 0.0564 e. The third kappa shape index (κ3) is 5.18. The van der Waals surface area contributed by atoms with Crippen molar-refractivity contribution in [1.82, 2.24) is 15.1 Å². The Morgan fingerprint density at radius 2 is 2.29 bits per heavy atom. The van der Waals surface area contributed by atoms with Gasteiger partial charge in [0.15, 0.2) is 0 Å². The van der Waals surface area contributed by atoms with Crippen LogP contribution < -0.4 is 5.32 Å². The maximum atomic E-state index is 4.34. The Kier molecular flexibility index (Phi) is 5.98. The molecular weight excluding hydrogens is 210 g/mol. The van der Waals surface area contributed by atoms with Gasteiger partial charge < -0.3 is 5.32 Å². The summed E-state index contributed by atoms with van der Waals surface area (Å²) >= 11 is 0. The third-order valence-corrected chi connectivity index (χ3v) is 2.69. The Bertz CT molecular complexity index is 350. The average Bonchev–Trinajstić information content (AvgIpc) is 2.73. The standard InChI is InChI=1S/C14H25N3/c1-5-9-17-11-14(10-16-17)13(4)7-6-8-15-12(2)3/h7,10-12,15H,5-6,8-9H2,1-4H3. The van der Waals surface area contributed by atoms with E-state index in [1.165, 1.54) is 11.1 Å². The number of hydrogen-bond donors (Lipinski definition) is 1. The molecule has 0 atom stereocenters. The van der Waals surface area contributed by atoms with Crippen molar-refractivity contribution in [2.45, 2.75) is 53.1 Å². The first-order valence-corrected chi connectivity index (χ1v) is 6.56. The van der Waals surface area contributed by atoms with Crippen molar-refractivity contribution in [3.05, 3.63) is 24.0 Å². The van der Waals surface area contributed by atoms with E-state index in [4.69, 9.17) is 0 Å². The highest BCUT2D eigenvalue weighted by molar-refractivity contribution is 5.62. The zero-order chi connectivity index (χ0) is 12.7. The van der Waals surface area contributed by atoms with Gasteiger partial charge in [-0.25, -0.2) is 0 Å². The van der Waals surface area contributed by atoms with E-state index >= 15 is 0 Å². The van der Waals surface area contributed by atoms with Gasteiger partial charge in [-0.3, -0.25) is 4.68 Å². The maximum absolute atomic E-state index is 4.34. The SMILES string of the molecule is CCCn1cc(C(C)=CCCNC(C)C)cn1. The van der Waals surface area contributed by atoms with Gasteiger partial charge in [-0.1, -0.05) is 26.8 Å². The van der Waals surface area contributed by atoms with Crippen LogP contribution in [0.3, 0.4) is 0 Å². The summed E-state index contributed by atoms with van der Waals surface area (Å²) < 4.78 is 2.01. The highest BCUT2D eigenvalue weighted by atomic mass is 15.3. The first-order valence-electron chi connectivity index (χ1n) is 6.56. The zero-order valence-corrected chi connectivity index (χ0v) is 11.5. The fourth-order valence-corrected chi connectivity index (χ4v) is 1.70. The molecular formula is C14H25N3. The molecule has 1 rings (SSSR count). The molecule has 96 valence electrons. The van der Waals surface area contributed by atoms with Crippen LogP contribution in [0.5, 0.6) is 0 Å². The average molecular weight is 235 g/mol. The van der Waals surface area contributed by atoms with Crippen molar-refractivity contribution in [3.63, 3.8) is 0 Å². The van der Waals surface area contributed by atoms with Gasteiger partial charge in [0, 0.05) is 24.3 Å². The molecule has 1 aromatic rings. The Balaban J connectivity index is 2.44. The number of rotatable bonds is 7. The number of aromatic nitrogens is 2. The number of nitrogens with zero attached hydrogens (tertiary/aromatic N) is 2. The zero-order valence-electron chi connectivity index (χ0n) is 11.5. The summed E-state index contributed by atoms with van der Waals surface area (Å²) in [5.74, 6) is 0. The molecule has 0 saturated carbocycles. The lowest BCUT2D eigenvalue weighted by atomic mass is 10.1. The normalized spacial score (nSPS) is 12.4. The molecule has 0 fully saturated rings. The first-order chi connectivity index (χ1) is 8.13. The van der Waals surface area contributed by atoms with Crippen LogP contribution in [-0.4, -0.2) is 22.4 Å². The molecule has 3 nitrogen and oxygen atoms in total. The topological polar surface area (TPSA) is 29.9 Å². The predicted octanol–water partition coefficient (Wildman–Crippen LogP) is 3.08. The van der Waals surface area contributed by atoms with Gasteiger partial charge in [0.25, 0.3) is 0 Å². The van der Waals surface area contributed by atoms with Crippen LogP contribution in [-0.2, 0) is 6.54 Å². The molecule has 1 heterocycles. The van der Waals surface area contributed by atoms with Crippen LogP contribution in [0.15, 0.2) is 18.5 Å². The van der Waals surface area contributed by atoms with Gasteiger partial charge in [-0.15, -0.1) is 0 Å². The maximum Gasteiger partial charge on any atom is 0.0564 e. The second kappa shape index (κ2) is 7.28. The van der Waals surface area contributed by atoms with Crippen LogP contribution in [0.4, 0.5) is 0 Å². The van der Waals surface area contributed by atoms with E-state index < -0.39 is 0 Å². The van der Waals surface area contributed by atoms with E-state index in [1.54, 1.807) is 0 Å². The first kappa shape index (κ1) is 14.0. The van der Waals surface area contributed by atoms with Crippen molar-refractivity contribution >= 4 is 5.57 Å². The van der Waals surface area contributed by atoms with E-state index in [2.05, 4.69) is 50.4 Å². The van der Waals surface area contributed by atoms with Gasteiger partial charge in [0.1, 0.15) is 0 Å². The third-order valence-electron chi connectivity index (χ3n) is 2.69. The van der Waals surface area contributed by atoms with Crippen molar-refractivity contribution in [2.24, 2.45) is 0 Å². The van der Waals surface area contributed by atoms with Gasteiger partial charge >= 0.3 is 0 Å². The summed E-state index contributed by atoms with van der Waals surface area (Å²) in [5, 5.41) is 7.76. The molecule has 0 aliphatic heterocycles. The van der Waals surface area contributed by atoms with Crippen LogP contribution in [0.25, 0.3) is 5.57 Å². The molecule has 0 aromatic carbocycles. The van der Waals surface area contributed by atoms with Crippen LogP contribution in [0, 0.1) is 0 Å². The Labute approximate surface area is 105 Å². The second-order valence-corrected chi connectivity index (χ2v) is 4.78. The van der Waals surface area contributed by atoms with Crippen molar-refractivity contribution in [3.8, 4) is 0 Å². The molecule has 0 aliphatic rings. The lowest BCUT2D eigenvalue weighted by Gasteiger charge is -2.05. The van der Waals surface area contributed by atoms with E-state index in [0.717, 1.165) is 25.9 Å². The fraction of sp³-hybridized carbons (Fsp3) is 0.643. The van der Waals surface area contributed by atoms with Crippen molar-refractivity contribution in [1.29, 1.82) is 0 Å². The van der Waals surface area contributed by atoms with E-state index in [-0.39, 0.29) is 0 Å². The lowest BCUT2D eigenvalue weighted by Crippen LogP contribution is -2.23. The second-order valence-electron chi connectivity index (χ2n) is 4.78. The number of aryl methyl sites for hydroxylation is 1. The fourth-order valence-electron chi connectivity index (χ4n) is 1.70. The summed E-state index contributed by atoms with van der Waals surface area (Å²) in [5.41, 5.74) is 2.56.